The summed E-state index contributed by atoms with van der Waals surface area (Å²) in [6.45, 7) is 8.14. The lowest BCUT2D eigenvalue weighted by atomic mass is 9.91. The van der Waals surface area contributed by atoms with Crippen molar-refractivity contribution in [1.82, 2.24) is 4.90 Å². The largest absolute Gasteiger partial charge is 0.507 e. The van der Waals surface area contributed by atoms with Crippen LogP contribution in [0.3, 0.4) is 0 Å². The van der Waals surface area contributed by atoms with E-state index in [9.17, 15) is 14.7 Å². The van der Waals surface area contributed by atoms with Gasteiger partial charge in [-0.3, -0.25) is 9.59 Å². The van der Waals surface area contributed by atoms with Gasteiger partial charge in [-0.2, -0.15) is 0 Å². The summed E-state index contributed by atoms with van der Waals surface area (Å²) < 4.78 is 0. The lowest BCUT2D eigenvalue weighted by Crippen LogP contribution is -2.37. The predicted molar refractivity (Wildman–Crippen MR) is 123 cm³/mol. The molecule has 4 heteroatoms. The number of likely N-dealkylation sites (tertiary alicyclic amines) is 1. The van der Waals surface area contributed by atoms with E-state index in [1.807, 2.05) is 44.2 Å². The second kappa shape index (κ2) is 8.33. The molecular weight excluding hydrogens is 386 g/mol. The van der Waals surface area contributed by atoms with E-state index in [2.05, 4.69) is 26.0 Å². The molecule has 1 amide bonds. The Labute approximate surface area is 184 Å². The number of aliphatic hydroxyl groups is 1. The molecule has 4 nitrogen and oxygen atoms in total. The Kier molecular flexibility index (Phi) is 5.74. The van der Waals surface area contributed by atoms with Crippen LogP contribution in [0.1, 0.15) is 79.3 Å². The molecule has 1 aliphatic carbocycles. The van der Waals surface area contributed by atoms with Crippen LogP contribution in [0.2, 0.25) is 0 Å². The number of benzene rings is 2. The smallest absolute Gasteiger partial charge is 0.295 e. The van der Waals surface area contributed by atoms with Crippen LogP contribution in [0.25, 0.3) is 5.76 Å². The zero-order valence-corrected chi connectivity index (χ0v) is 18.8. The van der Waals surface area contributed by atoms with Crippen molar-refractivity contribution in [2.24, 2.45) is 0 Å². The fraction of sp³-hybridized carbons (Fsp3) is 0.407. The van der Waals surface area contributed by atoms with Gasteiger partial charge >= 0.3 is 0 Å². The summed E-state index contributed by atoms with van der Waals surface area (Å²) >= 11 is 0. The summed E-state index contributed by atoms with van der Waals surface area (Å²) in [5, 5.41) is 11.3. The van der Waals surface area contributed by atoms with Gasteiger partial charge in [-0.25, -0.2) is 0 Å². The van der Waals surface area contributed by atoms with Crippen LogP contribution < -0.4 is 0 Å². The van der Waals surface area contributed by atoms with E-state index in [0.717, 1.165) is 42.4 Å². The minimum absolute atomic E-state index is 0.0372. The van der Waals surface area contributed by atoms with Gasteiger partial charge in [-0.1, -0.05) is 68.7 Å². The van der Waals surface area contributed by atoms with E-state index in [-0.39, 0.29) is 17.4 Å². The molecule has 0 spiro atoms. The van der Waals surface area contributed by atoms with Crippen molar-refractivity contribution >= 4 is 17.4 Å². The number of rotatable bonds is 4. The Morgan fingerprint density at radius 3 is 2.26 bits per heavy atom. The van der Waals surface area contributed by atoms with Gasteiger partial charge in [-0.05, 0) is 55.4 Å². The van der Waals surface area contributed by atoms with Crippen LogP contribution >= 0.6 is 0 Å². The number of carbonyl (C=O) groups excluding carboxylic acids is 2. The Morgan fingerprint density at radius 1 is 1.00 bits per heavy atom. The number of carbonyl (C=O) groups is 2. The first kappa shape index (κ1) is 21.4. The van der Waals surface area contributed by atoms with Gasteiger partial charge in [0.25, 0.3) is 11.7 Å². The number of hydrogen-bond acceptors (Lipinski definition) is 3. The molecule has 162 valence electrons. The molecule has 0 radical (unpaired) electrons. The molecule has 1 saturated carbocycles. The van der Waals surface area contributed by atoms with Gasteiger partial charge in [0.2, 0.25) is 0 Å². The van der Waals surface area contributed by atoms with Crippen LogP contribution in [0.5, 0.6) is 0 Å². The van der Waals surface area contributed by atoms with Crippen molar-refractivity contribution < 1.29 is 14.7 Å². The van der Waals surface area contributed by atoms with Crippen molar-refractivity contribution in [2.75, 3.05) is 0 Å². The number of nitrogens with zero attached hydrogens (tertiary/aromatic N) is 1. The summed E-state index contributed by atoms with van der Waals surface area (Å²) in [6.07, 6.45) is 3.92. The third-order valence-corrected chi connectivity index (χ3v) is 6.77. The molecule has 2 aromatic carbocycles. The summed E-state index contributed by atoms with van der Waals surface area (Å²) in [5.74, 6) is -0.747. The van der Waals surface area contributed by atoms with Crippen molar-refractivity contribution in [3.63, 3.8) is 0 Å². The molecule has 0 bridgehead atoms. The average Bonchev–Trinajstić information content (AvgIpc) is 3.36. The molecule has 1 atom stereocenters. The molecule has 2 fully saturated rings. The normalized spacial score (nSPS) is 21.5. The van der Waals surface area contributed by atoms with E-state index >= 15 is 0 Å². The van der Waals surface area contributed by atoms with Gasteiger partial charge in [0.15, 0.2) is 0 Å². The van der Waals surface area contributed by atoms with Gasteiger partial charge in [-0.15, -0.1) is 0 Å². The van der Waals surface area contributed by atoms with Crippen molar-refractivity contribution in [3.05, 3.63) is 75.9 Å². The quantitative estimate of drug-likeness (QED) is 0.389. The van der Waals surface area contributed by atoms with Crippen molar-refractivity contribution in [1.29, 1.82) is 0 Å². The minimum atomic E-state index is -0.580. The number of Topliss-reactive ketones (excluding diaryl/α,β-unsaturated/α-hetero) is 1. The molecule has 1 heterocycles. The van der Waals surface area contributed by atoms with Crippen molar-refractivity contribution in [3.8, 4) is 0 Å². The fourth-order valence-corrected chi connectivity index (χ4v) is 4.94. The molecule has 1 unspecified atom stereocenters. The zero-order valence-electron chi connectivity index (χ0n) is 18.8. The number of ketones is 1. The van der Waals surface area contributed by atoms with Gasteiger partial charge in [0.05, 0.1) is 11.6 Å². The number of amides is 1. The van der Waals surface area contributed by atoms with Crippen LogP contribution in [0.15, 0.2) is 48.0 Å². The highest BCUT2D eigenvalue weighted by Gasteiger charge is 2.49. The van der Waals surface area contributed by atoms with Crippen LogP contribution in [0, 0.1) is 13.8 Å². The Balaban J connectivity index is 1.90. The van der Waals surface area contributed by atoms with Crippen molar-refractivity contribution in [2.45, 2.75) is 71.4 Å². The number of aliphatic hydroxyl groups excluding tert-OH is 1. The summed E-state index contributed by atoms with van der Waals surface area (Å²) in [7, 11) is 0. The standard InChI is InChI=1S/C27H31NO3/c1-16(2)19-11-13-20(14-12-19)24-23(25(29)22-15-17(3)9-10-18(22)4)26(30)27(31)28(24)21-7-5-6-8-21/h9-16,21,24,29H,5-8H2,1-4H3/b25-23+. The number of aryl methyl sites for hydroxylation is 2. The first-order chi connectivity index (χ1) is 14.8. The molecule has 2 aromatic rings. The van der Waals surface area contributed by atoms with Crippen LogP contribution in [-0.2, 0) is 9.59 Å². The Hall–Kier alpha value is -2.88. The summed E-state index contributed by atoms with van der Waals surface area (Å²) in [4.78, 5) is 28.2. The van der Waals surface area contributed by atoms with Crippen LogP contribution in [-0.4, -0.2) is 27.7 Å². The fourth-order valence-electron chi connectivity index (χ4n) is 4.94. The Bertz CT molecular complexity index is 1040. The molecule has 1 saturated heterocycles. The first-order valence-electron chi connectivity index (χ1n) is 11.3. The van der Waals surface area contributed by atoms with E-state index in [4.69, 9.17) is 0 Å². The van der Waals surface area contributed by atoms with E-state index in [1.165, 1.54) is 5.56 Å². The highest BCUT2D eigenvalue weighted by molar-refractivity contribution is 6.46. The molecule has 1 aliphatic heterocycles. The van der Waals surface area contributed by atoms with E-state index in [1.54, 1.807) is 4.90 Å². The molecule has 31 heavy (non-hydrogen) atoms. The maximum absolute atomic E-state index is 13.2. The topological polar surface area (TPSA) is 57.6 Å². The SMILES string of the molecule is Cc1ccc(C)c(/C(O)=C2\C(=O)C(=O)N(C3CCCC3)C2c2ccc(C(C)C)cc2)c1. The third kappa shape index (κ3) is 3.80. The second-order valence-electron chi connectivity index (χ2n) is 9.28. The Morgan fingerprint density at radius 2 is 1.65 bits per heavy atom. The molecule has 1 N–H and O–H groups in total. The maximum Gasteiger partial charge on any atom is 0.295 e. The molecule has 0 aromatic heterocycles. The minimum Gasteiger partial charge on any atom is -0.507 e. The molecule has 4 rings (SSSR count). The van der Waals surface area contributed by atoms with E-state index < -0.39 is 17.7 Å². The van der Waals surface area contributed by atoms with Crippen LogP contribution in [0.4, 0.5) is 0 Å². The lowest BCUT2D eigenvalue weighted by molar-refractivity contribution is -0.141. The number of hydrogen-bond donors (Lipinski definition) is 1. The third-order valence-electron chi connectivity index (χ3n) is 6.77. The average molecular weight is 418 g/mol. The molecular formula is C27H31NO3. The summed E-state index contributed by atoms with van der Waals surface area (Å²) in [5.41, 5.74) is 4.79. The summed E-state index contributed by atoms with van der Waals surface area (Å²) in [6, 6.07) is 13.4. The van der Waals surface area contributed by atoms with Gasteiger partial charge < -0.3 is 10.0 Å². The second-order valence-corrected chi connectivity index (χ2v) is 9.28. The predicted octanol–water partition coefficient (Wildman–Crippen LogP) is 5.79. The van der Waals surface area contributed by atoms with Gasteiger partial charge in [0, 0.05) is 11.6 Å². The zero-order chi connectivity index (χ0) is 22.3. The molecule has 2 aliphatic rings. The first-order valence-corrected chi connectivity index (χ1v) is 11.3. The van der Waals surface area contributed by atoms with Gasteiger partial charge in [0.1, 0.15) is 5.76 Å². The highest BCUT2D eigenvalue weighted by Crippen LogP contribution is 2.44. The van der Waals surface area contributed by atoms with E-state index in [0.29, 0.717) is 11.5 Å². The highest BCUT2D eigenvalue weighted by atomic mass is 16.3. The lowest BCUT2D eigenvalue weighted by Gasteiger charge is -2.31. The maximum atomic E-state index is 13.2. The monoisotopic (exact) mass is 417 g/mol.